The first-order valence-corrected chi connectivity index (χ1v) is 45.4. The number of likely N-dealkylation sites (tertiary alicyclic amines) is 1. The minimum Gasteiger partial charge on any atom is -0.472 e. The number of amides is 8. The van der Waals surface area contributed by atoms with Gasteiger partial charge in [-0.05, 0) is 153 Å². The van der Waals surface area contributed by atoms with Gasteiger partial charge in [-0.2, -0.15) is 19.2 Å². The number of alkyl carbamates (subject to hydrolysis) is 2. The highest BCUT2D eigenvalue weighted by Crippen LogP contribution is 2.48. The van der Waals surface area contributed by atoms with Gasteiger partial charge in [0.15, 0.2) is 11.3 Å². The number of sulfonamides is 2. The molecule has 0 unspecified atom stereocenters. The maximum Gasteiger partial charge on any atom is 0.408 e. The van der Waals surface area contributed by atoms with Crippen molar-refractivity contribution in [3.63, 3.8) is 0 Å². The van der Waals surface area contributed by atoms with Crippen LogP contribution in [0.25, 0.3) is 55.6 Å². The van der Waals surface area contributed by atoms with E-state index in [1.54, 1.807) is 21.2 Å². The summed E-state index contributed by atoms with van der Waals surface area (Å²) in [6.07, 6.45) is 19.7. The molecule has 17 rings (SSSR count). The Kier molecular flexibility index (Phi) is 24.2. The molecule has 8 aromatic rings. The second kappa shape index (κ2) is 35.2. The summed E-state index contributed by atoms with van der Waals surface area (Å²) in [5.41, 5.74) is 2.45. The Morgan fingerprint density at radius 1 is 0.600 bits per heavy atom. The highest BCUT2D eigenvalue weighted by atomic mass is 32.2. The zero-order chi connectivity index (χ0) is 83.5. The molecule has 632 valence electrons. The number of allylic oxidation sites excluding steroid dienone is 2. The molecule has 30 nitrogen and oxygen atoms in total. The van der Waals surface area contributed by atoms with Crippen LogP contribution in [0, 0.1) is 11.8 Å². The van der Waals surface area contributed by atoms with Crippen molar-refractivity contribution in [1.29, 1.82) is 0 Å². The molecule has 0 spiro atoms. The minimum absolute atomic E-state index is 0.0122. The van der Waals surface area contributed by atoms with Crippen LogP contribution < -0.4 is 40.2 Å². The first-order chi connectivity index (χ1) is 58.1. The van der Waals surface area contributed by atoms with E-state index >= 15 is 0 Å². The molecule has 10 atom stereocenters. The summed E-state index contributed by atoms with van der Waals surface area (Å²) >= 11 is 0. The number of nitrogens with one attached hydrogen (secondary N) is 6. The number of ether oxygens (including phenoxy) is 4. The zero-order valence-electron chi connectivity index (χ0n) is 66.9. The molecule has 7 heterocycles. The van der Waals surface area contributed by atoms with Crippen molar-refractivity contribution in [3.05, 3.63) is 159 Å². The third-order valence-electron chi connectivity index (χ3n) is 24.6. The van der Waals surface area contributed by atoms with Crippen LogP contribution in [0.2, 0.25) is 0 Å². The molecule has 8 fully saturated rings. The molecule has 0 bridgehead atoms. The lowest BCUT2D eigenvalue weighted by atomic mass is 10.0. The fourth-order valence-corrected chi connectivity index (χ4v) is 20.1. The van der Waals surface area contributed by atoms with Gasteiger partial charge in [-0.15, -0.1) is 13.2 Å². The largest absolute Gasteiger partial charge is 0.472 e. The fourth-order valence-electron chi connectivity index (χ4n) is 17.4. The first kappa shape index (κ1) is 82.4. The Hall–Kier alpha value is -11.3. The average Bonchev–Trinajstić information content (AvgIpc) is 1.57. The number of aromatic nitrogens is 6. The van der Waals surface area contributed by atoms with Gasteiger partial charge in [-0.3, -0.25) is 38.2 Å². The Bertz CT molecular complexity index is 5510. The maximum absolute atomic E-state index is 14.8. The summed E-state index contributed by atoms with van der Waals surface area (Å²) in [7, 11) is -7.83. The number of carbonyl (C=O) groups excluding carboxylic acids is 8. The standard InChI is InChI=1S/C45H53N7O8S.C43H49N7O8S/c1-3-5-6-7-11-22-36(47-44(56)60-31-18-12-13-19-31)42(54)51-28-32(25-38(51)41(53)48-45(27-30(45)4-2)43(55)50-61(57,58)33-23-24-33)59-39-26-37(29-16-9-8-10-17-29)46-40-34-20-14-15-21-35(34)49-52(39)40;51-39-36-23-30(57-37-24-35(27-13-5-4-6-14-27)44-38-32-18-11-12-19-33(32)47-50(37)38)26-49(36)40(52)34(45-42(54)58-29-16-9-10-17-29)20-8-3-1-2-7-15-28-25-43(28,46-39)41(53)48-59(55,56)31-21-22-31/h3-4,8-10,14-17,20-21,26,30-33,36,38H,1-2,5-7,11-13,18-19,22-25,27-28H2,(H,47,56)(H,48,53)(H,50,55);4-7,11-15,18-19,24,28-31,34,36H,1-3,8-10,16-17,20-23,25-26H2,(H,45,54)(H,46,51)(H,48,53)/b;15-7-/t30-,32-,36+,38+,45-;28-,30-,34+,36+,43-/m11/s1. The van der Waals surface area contributed by atoms with Crippen LogP contribution in [0.4, 0.5) is 9.59 Å². The van der Waals surface area contributed by atoms with Gasteiger partial charge in [0.1, 0.15) is 59.7 Å². The van der Waals surface area contributed by atoms with Crippen molar-refractivity contribution in [2.45, 2.75) is 237 Å². The lowest BCUT2D eigenvalue weighted by Crippen LogP contribution is -2.58. The molecule has 4 aromatic heterocycles. The van der Waals surface area contributed by atoms with E-state index in [4.69, 9.17) is 39.1 Å². The minimum atomic E-state index is -3.92. The van der Waals surface area contributed by atoms with Crippen LogP contribution in [-0.4, -0.2) is 187 Å². The molecule has 8 amide bonds. The van der Waals surface area contributed by atoms with Crippen LogP contribution in [0.3, 0.4) is 0 Å². The predicted octanol–water partition coefficient (Wildman–Crippen LogP) is 10.7. The molecule has 9 aliphatic rings. The van der Waals surface area contributed by atoms with Gasteiger partial charge in [0.25, 0.3) is 11.8 Å². The highest BCUT2D eigenvalue weighted by molar-refractivity contribution is 7.91. The quantitative estimate of drug-likeness (QED) is 0.0217. The summed E-state index contributed by atoms with van der Waals surface area (Å²) in [4.78, 5) is 126. The third-order valence-corrected chi connectivity index (χ3v) is 28.2. The number of nitrogens with zero attached hydrogens (tertiary/aromatic N) is 8. The number of unbranched alkanes of at least 4 members (excludes halogenated alkanes) is 3. The van der Waals surface area contributed by atoms with Crippen molar-refractivity contribution in [2.24, 2.45) is 11.8 Å². The van der Waals surface area contributed by atoms with Gasteiger partial charge in [-0.25, -0.2) is 36.4 Å². The molecular formula is C88H102N14O16S2. The lowest BCUT2D eigenvalue weighted by molar-refractivity contribution is -0.141. The number of rotatable bonds is 26. The smallest absolute Gasteiger partial charge is 0.408 e. The normalized spacial score (nSPS) is 25.1. The lowest BCUT2D eigenvalue weighted by Gasteiger charge is -2.30. The van der Waals surface area contributed by atoms with Gasteiger partial charge in [-0.1, -0.05) is 135 Å². The SMILES string of the molecule is C=CCCCCC[C@H](NC(=O)OC1CCCC1)C(=O)N1C[C@H](Oc2cc(-c3ccccc3)nc3c4ccccc4nn23)C[C@H]1C(=O)N[C@]1(C(=O)NS(=O)(=O)C2CC2)C[C@H]1C=C.O=C(N[C@H]1CCCCC/C=C\[C@@H]2C[C@@]2(C(=O)NS(=O)(=O)C2CC2)NC(=O)[C@@H]2C[C@@H](Oc3cc(-c4ccccc4)nc4c5ccccc5nn34)CN2C1=O)OC1CCCC1. The molecule has 0 radical (unpaired) electrons. The predicted molar refractivity (Wildman–Crippen MR) is 446 cm³/mol. The number of benzene rings is 4. The summed E-state index contributed by atoms with van der Waals surface area (Å²) in [6, 6.07) is 33.8. The molecule has 6 N–H and O–H groups in total. The van der Waals surface area contributed by atoms with Crippen molar-refractivity contribution in [3.8, 4) is 34.3 Å². The van der Waals surface area contributed by atoms with Gasteiger partial charge in [0.2, 0.25) is 55.4 Å². The van der Waals surface area contributed by atoms with Crippen LogP contribution in [-0.2, 0) is 58.3 Å². The Morgan fingerprint density at radius 3 is 1.72 bits per heavy atom. The van der Waals surface area contributed by atoms with E-state index in [9.17, 15) is 55.2 Å². The Labute approximate surface area is 695 Å². The summed E-state index contributed by atoms with van der Waals surface area (Å²) in [5, 5.41) is 21.4. The van der Waals surface area contributed by atoms with Crippen LogP contribution in [0.5, 0.6) is 11.8 Å². The van der Waals surface area contributed by atoms with E-state index in [0.717, 1.165) is 105 Å². The third kappa shape index (κ3) is 18.2. The Morgan fingerprint density at radius 2 is 1.15 bits per heavy atom. The zero-order valence-corrected chi connectivity index (χ0v) is 68.6. The van der Waals surface area contributed by atoms with Crippen molar-refractivity contribution in [2.75, 3.05) is 13.1 Å². The van der Waals surface area contributed by atoms with E-state index in [0.29, 0.717) is 103 Å². The molecule has 120 heavy (non-hydrogen) atoms. The number of carbonyl (C=O) groups is 8. The topological polar surface area (TPSA) is 381 Å². The van der Waals surface area contributed by atoms with Crippen LogP contribution in [0.15, 0.2) is 159 Å². The number of fused-ring (bicyclic) bond motifs is 8. The summed E-state index contributed by atoms with van der Waals surface area (Å²) < 4.78 is 84.2. The molecule has 2 saturated heterocycles. The molecule has 32 heteroatoms. The second-order valence-electron chi connectivity index (χ2n) is 33.3. The molecule has 6 saturated carbocycles. The first-order valence-electron chi connectivity index (χ1n) is 42.3. The van der Waals surface area contributed by atoms with E-state index in [1.165, 1.54) is 15.9 Å². The number of hydrogen-bond donors (Lipinski definition) is 6. The Balaban J connectivity index is 0.000000179. The van der Waals surface area contributed by atoms with Crippen molar-refractivity contribution in [1.82, 2.24) is 69.7 Å². The van der Waals surface area contributed by atoms with Gasteiger partial charge in [0.05, 0.1) is 46.0 Å². The van der Waals surface area contributed by atoms with E-state index in [2.05, 4.69) is 43.9 Å². The maximum atomic E-state index is 14.8. The van der Waals surface area contributed by atoms with Gasteiger partial charge in [0, 0.05) is 58.7 Å². The van der Waals surface area contributed by atoms with E-state index < -0.39 is 137 Å². The van der Waals surface area contributed by atoms with E-state index in [-0.39, 0.29) is 51.0 Å². The summed E-state index contributed by atoms with van der Waals surface area (Å²) in [6.45, 7) is 7.55. The van der Waals surface area contributed by atoms with Crippen LogP contribution in [0.1, 0.15) is 167 Å². The van der Waals surface area contributed by atoms with Gasteiger partial charge >= 0.3 is 12.2 Å². The monoisotopic (exact) mass is 1670 g/mol. The molecule has 6 aliphatic carbocycles. The van der Waals surface area contributed by atoms with E-state index in [1.807, 2.05) is 127 Å². The van der Waals surface area contributed by atoms with Crippen molar-refractivity contribution >= 4 is 101 Å². The molecular weight excluding hydrogens is 1570 g/mol. The van der Waals surface area contributed by atoms with Crippen molar-refractivity contribution < 1.29 is 74.1 Å². The van der Waals surface area contributed by atoms with Gasteiger partial charge < -0.3 is 50.0 Å². The molecule has 3 aliphatic heterocycles. The molecule has 4 aromatic carbocycles. The fraction of sp³-hybridized carbons (Fsp3) is 0.477. The number of hydrogen-bond acceptors (Lipinski definition) is 20. The van der Waals surface area contributed by atoms with Crippen LogP contribution >= 0.6 is 0 Å². The highest BCUT2D eigenvalue weighted by Gasteiger charge is 2.64. The average molecular weight is 1680 g/mol. The summed E-state index contributed by atoms with van der Waals surface area (Å²) in [5.74, 6) is -4.13. The second-order valence-corrected chi connectivity index (χ2v) is 37.2.